The average Bonchev–Trinajstić information content (AvgIpc) is 3.41. The number of carbonyl (C=O) groups excluding carboxylic acids is 2. The maximum atomic E-state index is 12.5. The van der Waals surface area contributed by atoms with E-state index in [2.05, 4.69) is 20.7 Å². The minimum atomic E-state index is -0.206. The highest BCUT2D eigenvalue weighted by Gasteiger charge is 2.10. The van der Waals surface area contributed by atoms with Crippen molar-refractivity contribution in [1.82, 2.24) is 14.8 Å². The molecule has 0 saturated heterocycles. The second-order valence-electron chi connectivity index (χ2n) is 6.65. The van der Waals surface area contributed by atoms with Gasteiger partial charge in [-0.1, -0.05) is 24.3 Å². The zero-order valence-corrected chi connectivity index (χ0v) is 17.0. The van der Waals surface area contributed by atoms with E-state index in [1.165, 1.54) is 18.3 Å². The molecule has 8 heteroatoms. The van der Waals surface area contributed by atoms with Crippen LogP contribution >= 0.6 is 11.3 Å². The third-order valence-electron chi connectivity index (χ3n) is 4.35. The maximum Gasteiger partial charge on any atom is 0.257 e. The molecule has 0 aliphatic heterocycles. The lowest BCUT2D eigenvalue weighted by Crippen LogP contribution is -2.11. The second-order valence-corrected chi connectivity index (χ2v) is 7.51. The molecule has 150 valence electrons. The number of hydrogen-bond acceptors (Lipinski definition) is 5. The molecule has 0 aliphatic carbocycles. The lowest BCUT2D eigenvalue weighted by atomic mass is 10.1. The molecule has 4 aromatic rings. The van der Waals surface area contributed by atoms with E-state index in [1.54, 1.807) is 18.3 Å². The monoisotopic (exact) mass is 417 g/mol. The van der Waals surface area contributed by atoms with E-state index in [0.717, 1.165) is 22.5 Å². The Morgan fingerprint density at radius 1 is 1.03 bits per heavy atom. The van der Waals surface area contributed by atoms with Gasteiger partial charge in [-0.2, -0.15) is 5.10 Å². The van der Waals surface area contributed by atoms with Crippen LogP contribution in [0.5, 0.6) is 0 Å². The summed E-state index contributed by atoms with van der Waals surface area (Å²) in [5.41, 5.74) is 4.03. The summed E-state index contributed by atoms with van der Waals surface area (Å²) in [5, 5.41) is 12.2. The van der Waals surface area contributed by atoms with Crippen LogP contribution in [-0.2, 0) is 11.3 Å². The standard InChI is InChI=1S/C22H19N5O2S/c1-15(28)24-19-9-7-17(8-10-19)20-14-30-22(25-20)26-21(29)18-5-3-16(4-6-18)13-27-12-2-11-23-27/h2-12,14H,13H2,1H3,(H,24,28)(H,25,26,29). The summed E-state index contributed by atoms with van der Waals surface area (Å²) in [5.74, 6) is -0.321. The molecule has 4 rings (SSSR count). The fourth-order valence-corrected chi connectivity index (χ4v) is 3.62. The van der Waals surface area contributed by atoms with E-state index in [1.807, 2.05) is 58.7 Å². The highest BCUT2D eigenvalue weighted by molar-refractivity contribution is 7.14. The van der Waals surface area contributed by atoms with Crippen LogP contribution in [0.25, 0.3) is 11.3 Å². The zero-order valence-electron chi connectivity index (χ0n) is 16.2. The van der Waals surface area contributed by atoms with Gasteiger partial charge in [0, 0.05) is 41.5 Å². The molecule has 2 heterocycles. The minimum absolute atomic E-state index is 0.115. The van der Waals surface area contributed by atoms with Crippen molar-refractivity contribution < 1.29 is 9.59 Å². The summed E-state index contributed by atoms with van der Waals surface area (Å²) in [6, 6.07) is 16.7. The number of aromatic nitrogens is 3. The predicted octanol–water partition coefficient (Wildman–Crippen LogP) is 4.27. The third kappa shape index (κ3) is 4.79. The first kappa shape index (κ1) is 19.5. The van der Waals surface area contributed by atoms with Gasteiger partial charge >= 0.3 is 0 Å². The molecular weight excluding hydrogens is 398 g/mol. The number of amides is 2. The first-order chi connectivity index (χ1) is 14.6. The SMILES string of the molecule is CC(=O)Nc1ccc(-c2csc(NC(=O)c3ccc(Cn4cccn4)cc3)n2)cc1. The molecule has 0 radical (unpaired) electrons. The molecule has 2 aromatic carbocycles. The molecule has 0 fully saturated rings. The summed E-state index contributed by atoms with van der Waals surface area (Å²) in [6.07, 6.45) is 3.63. The van der Waals surface area contributed by atoms with Crippen LogP contribution in [0.15, 0.2) is 72.4 Å². The minimum Gasteiger partial charge on any atom is -0.326 e. The van der Waals surface area contributed by atoms with Gasteiger partial charge in [0.25, 0.3) is 5.91 Å². The van der Waals surface area contributed by atoms with Crippen molar-refractivity contribution in [1.29, 1.82) is 0 Å². The van der Waals surface area contributed by atoms with E-state index in [9.17, 15) is 9.59 Å². The van der Waals surface area contributed by atoms with Crippen molar-refractivity contribution in [3.63, 3.8) is 0 Å². The highest BCUT2D eigenvalue weighted by atomic mass is 32.1. The Labute approximate surface area is 177 Å². The molecule has 2 aromatic heterocycles. The number of carbonyl (C=O) groups is 2. The number of thiazole rings is 1. The average molecular weight is 417 g/mol. The van der Waals surface area contributed by atoms with Gasteiger partial charge in [0.2, 0.25) is 5.91 Å². The van der Waals surface area contributed by atoms with Gasteiger partial charge in [-0.25, -0.2) is 4.98 Å². The molecule has 0 aliphatic rings. The number of benzene rings is 2. The number of hydrogen-bond donors (Lipinski definition) is 2. The molecule has 7 nitrogen and oxygen atoms in total. The van der Waals surface area contributed by atoms with E-state index in [-0.39, 0.29) is 11.8 Å². The van der Waals surface area contributed by atoms with Gasteiger partial charge in [-0.05, 0) is 35.9 Å². The van der Waals surface area contributed by atoms with Crippen molar-refractivity contribution in [3.8, 4) is 11.3 Å². The van der Waals surface area contributed by atoms with Crippen molar-refractivity contribution in [2.75, 3.05) is 10.6 Å². The molecule has 0 saturated carbocycles. The Bertz CT molecular complexity index is 1150. The number of nitrogens with zero attached hydrogens (tertiary/aromatic N) is 3. The van der Waals surface area contributed by atoms with Crippen LogP contribution in [0.1, 0.15) is 22.8 Å². The van der Waals surface area contributed by atoms with E-state index in [4.69, 9.17) is 0 Å². The molecule has 0 unspecified atom stereocenters. The molecule has 0 bridgehead atoms. The van der Waals surface area contributed by atoms with Crippen molar-refractivity contribution in [2.24, 2.45) is 0 Å². The van der Waals surface area contributed by atoms with Gasteiger partial charge in [-0.3, -0.25) is 19.6 Å². The topological polar surface area (TPSA) is 88.9 Å². The Hall–Kier alpha value is -3.78. The lowest BCUT2D eigenvalue weighted by molar-refractivity contribution is -0.114. The first-order valence-electron chi connectivity index (χ1n) is 9.28. The summed E-state index contributed by atoms with van der Waals surface area (Å²) in [6.45, 7) is 2.13. The smallest absolute Gasteiger partial charge is 0.257 e. The summed E-state index contributed by atoms with van der Waals surface area (Å²) >= 11 is 1.36. The zero-order chi connectivity index (χ0) is 20.9. The predicted molar refractivity (Wildman–Crippen MR) is 118 cm³/mol. The molecule has 0 atom stereocenters. The Balaban J connectivity index is 1.39. The molecular formula is C22H19N5O2S. The van der Waals surface area contributed by atoms with E-state index >= 15 is 0 Å². The van der Waals surface area contributed by atoms with Gasteiger partial charge in [-0.15, -0.1) is 11.3 Å². The van der Waals surface area contributed by atoms with E-state index in [0.29, 0.717) is 17.2 Å². The fourth-order valence-electron chi connectivity index (χ4n) is 2.90. The van der Waals surface area contributed by atoms with Crippen LogP contribution in [-0.4, -0.2) is 26.6 Å². The maximum absolute atomic E-state index is 12.5. The van der Waals surface area contributed by atoms with Crippen molar-refractivity contribution in [3.05, 3.63) is 83.5 Å². The molecule has 30 heavy (non-hydrogen) atoms. The van der Waals surface area contributed by atoms with Crippen LogP contribution in [0.3, 0.4) is 0 Å². The van der Waals surface area contributed by atoms with Crippen LogP contribution < -0.4 is 10.6 Å². The highest BCUT2D eigenvalue weighted by Crippen LogP contribution is 2.26. The van der Waals surface area contributed by atoms with Crippen LogP contribution in [0.4, 0.5) is 10.8 Å². The normalized spacial score (nSPS) is 10.6. The van der Waals surface area contributed by atoms with E-state index < -0.39 is 0 Å². The molecule has 2 amide bonds. The van der Waals surface area contributed by atoms with Crippen LogP contribution in [0, 0.1) is 0 Å². The number of nitrogens with one attached hydrogen (secondary N) is 2. The van der Waals surface area contributed by atoms with Crippen molar-refractivity contribution >= 4 is 34.0 Å². The van der Waals surface area contributed by atoms with Gasteiger partial charge in [0.05, 0.1) is 12.2 Å². The lowest BCUT2D eigenvalue weighted by Gasteiger charge is -2.05. The number of anilines is 2. The summed E-state index contributed by atoms with van der Waals surface area (Å²) < 4.78 is 1.83. The summed E-state index contributed by atoms with van der Waals surface area (Å²) in [4.78, 5) is 28.1. The van der Waals surface area contributed by atoms with Gasteiger partial charge in [0.15, 0.2) is 5.13 Å². The quantitative estimate of drug-likeness (QED) is 0.490. The molecule has 0 spiro atoms. The third-order valence-corrected chi connectivity index (χ3v) is 5.10. The Morgan fingerprint density at radius 2 is 1.80 bits per heavy atom. The number of rotatable bonds is 6. The van der Waals surface area contributed by atoms with Gasteiger partial charge < -0.3 is 5.32 Å². The largest absolute Gasteiger partial charge is 0.326 e. The Morgan fingerprint density at radius 3 is 2.47 bits per heavy atom. The summed E-state index contributed by atoms with van der Waals surface area (Å²) in [7, 11) is 0. The van der Waals surface area contributed by atoms with Crippen molar-refractivity contribution in [2.45, 2.75) is 13.5 Å². The first-order valence-corrected chi connectivity index (χ1v) is 10.2. The van der Waals surface area contributed by atoms with Crippen LogP contribution in [0.2, 0.25) is 0 Å². The van der Waals surface area contributed by atoms with Gasteiger partial charge in [0.1, 0.15) is 0 Å². The Kier molecular flexibility index (Phi) is 5.67. The molecule has 2 N–H and O–H groups in total. The second kappa shape index (κ2) is 8.71. The fraction of sp³-hybridized carbons (Fsp3) is 0.0909.